The van der Waals surface area contributed by atoms with Crippen LogP contribution in [0.3, 0.4) is 0 Å². The number of hydrogen-bond donors (Lipinski definition) is 1. The zero-order chi connectivity index (χ0) is 19.6. The second-order valence-electron chi connectivity index (χ2n) is 6.26. The Kier molecular flexibility index (Phi) is 7.50. The molecule has 0 aliphatic rings. The van der Waals surface area contributed by atoms with Crippen molar-refractivity contribution in [3.05, 3.63) is 82.6 Å². The third kappa shape index (κ3) is 5.60. The molecule has 1 amide bonds. The van der Waals surface area contributed by atoms with Crippen LogP contribution in [0.5, 0.6) is 11.5 Å². The highest BCUT2D eigenvalue weighted by molar-refractivity contribution is 7.10. The number of amides is 1. The number of para-hydroxylation sites is 2. The summed E-state index contributed by atoms with van der Waals surface area (Å²) < 4.78 is 11.4. The lowest BCUT2D eigenvalue weighted by Crippen LogP contribution is -2.28. The van der Waals surface area contributed by atoms with Gasteiger partial charge < -0.3 is 14.8 Å². The van der Waals surface area contributed by atoms with E-state index < -0.39 is 0 Å². The number of benzene rings is 2. The zero-order valence-electron chi connectivity index (χ0n) is 16.0. The summed E-state index contributed by atoms with van der Waals surface area (Å²) in [5, 5.41) is 5.19. The highest BCUT2D eigenvalue weighted by Crippen LogP contribution is 2.27. The molecule has 0 unspecified atom stereocenters. The van der Waals surface area contributed by atoms with Crippen LogP contribution in [-0.4, -0.2) is 19.1 Å². The minimum Gasteiger partial charge on any atom is -0.490 e. The van der Waals surface area contributed by atoms with Crippen LogP contribution in [0, 0.1) is 0 Å². The van der Waals surface area contributed by atoms with Gasteiger partial charge in [0, 0.05) is 11.3 Å². The molecule has 2 aromatic carbocycles. The largest absolute Gasteiger partial charge is 0.490 e. The fraction of sp³-hybridized carbons (Fsp3) is 0.261. The number of rotatable bonds is 10. The maximum absolute atomic E-state index is 12.5. The van der Waals surface area contributed by atoms with Crippen LogP contribution >= 0.6 is 11.3 Å². The first-order valence-corrected chi connectivity index (χ1v) is 10.4. The normalized spacial score (nSPS) is 11.6. The lowest BCUT2D eigenvalue weighted by Gasteiger charge is -2.18. The van der Waals surface area contributed by atoms with Crippen molar-refractivity contribution in [1.29, 1.82) is 0 Å². The van der Waals surface area contributed by atoms with Crippen molar-refractivity contribution in [3.63, 3.8) is 0 Å². The lowest BCUT2D eigenvalue weighted by molar-refractivity contribution is -0.121. The molecule has 28 heavy (non-hydrogen) atoms. The molecule has 146 valence electrons. The number of hydrogen-bond acceptors (Lipinski definition) is 4. The van der Waals surface area contributed by atoms with Crippen molar-refractivity contribution in [3.8, 4) is 11.5 Å². The third-order valence-corrected chi connectivity index (χ3v) is 5.16. The van der Waals surface area contributed by atoms with Gasteiger partial charge in [-0.15, -0.1) is 11.3 Å². The molecule has 1 N–H and O–H groups in total. The van der Waals surface area contributed by atoms with Crippen molar-refractivity contribution in [2.45, 2.75) is 25.8 Å². The molecule has 0 saturated carbocycles. The van der Waals surface area contributed by atoms with E-state index in [2.05, 4.69) is 11.4 Å². The SMILES string of the molecule is CCOc1ccccc1OCCCC(=O)N[C@H](c1ccccc1)c1cccs1. The van der Waals surface area contributed by atoms with E-state index >= 15 is 0 Å². The van der Waals surface area contributed by atoms with Crippen LogP contribution in [0.2, 0.25) is 0 Å². The molecule has 0 bridgehead atoms. The van der Waals surface area contributed by atoms with Crippen molar-refractivity contribution in [2.75, 3.05) is 13.2 Å². The fourth-order valence-corrected chi connectivity index (χ4v) is 3.71. The average molecular weight is 396 g/mol. The molecule has 3 rings (SSSR count). The molecule has 0 aliphatic heterocycles. The zero-order valence-corrected chi connectivity index (χ0v) is 16.8. The van der Waals surface area contributed by atoms with E-state index in [4.69, 9.17) is 9.47 Å². The van der Waals surface area contributed by atoms with Gasteiger partial charge in [-0.1, -0.05) is 48.5 Å². The first kappa shape index (κ1) is 20.0. The van der Waals surface area contributed by atoms with Gasteiger partial charge in [-0.05, 0) is 42.5 Å². The Morgan fingerprint density at radius 1 is 0.964 bits per heavy atom. The highest BCUT2D eigenvalue weighted by Gasteiger charge is 2.17. The molecule has 1 heterocycles. The Morgan fingerprint density at radius 3 is 2.36 bits per heavy atom. The summed E-state index contributed by atoms with van der Waals surface area (Å²) in [6.45, 7) is 3.00. The molecule has 5 heteroatoms. The summed E-state index contributed by atoms with van der Waals surface area (Å²) in [4.78, 5) is 13.6. The predicted octanol–water partition coefficient (Wildman–Crippen LogP) is 5.21. The smallest absolute Gasteiger partial charge is 0.220 e. The van der Waals surface area contributed by atoms with Crippen LogP contribution in [0.25, 0.3) is 0 Å². The van der Waals surface area contributed by atoms with Crippen LogP contribution in [0.15, 0.2) is 72.1 Å². The van der Waals surface area contributed by atoms with Gasteiger partial charge in [-0.2, -0.15) is 0 Å². The number of nitrogens with one attached hydrogen (secondary N) is 1. The molecule has 0 spiro atoms. The molecule has 4 nitrogen and oxygen atoms in total. The maximum Gasteiger partial charge on any atom is 0.220 e. The first-order valence-electron chi connectivity index (χ1n) is 9.50. The van der Waals surface area contributed by atoms with Crippen LogP contribution in [0.1, 0.15) is 36.2 Å². The van der Waals surface area contributed by atoms with E-state index in [0.29, 0.717) is 31.8 Å². The lowest BCUT2D eigenvalue weighted by atomic mass is 10.1. The van der Waals surface area contributed by atoms with Gasteiger partial charge in [-0.25, -0.2) is 0 Å². The fourth-order valence-electron chi connectivity index (χ4n) is 2.91. The second kappa shape index (κ2) is 10.5. The van der Waals surface area contributed by atoms with Gasteiger partial charge in [0.25, 0.3) is 0 Å². The van der Waals surface area contributed by atoms with Gasteiger partial charge >= 0.3 is 0 Å². The Labute approximate surface area is 170 Å². The Bertz CT molecular complexity index is 849. The van der Waals surface area contributed by atoms with Gasteiger partial charge in [0.1, 0.15) is 0 Å². The molecule has 0 saturated heterocycles. The molecular formula is C23H25NO3S. The van der Waals surface area contributed by atoms with Crippen LogP contribution in [0.4, 0.5) is 0 Å². The summed E-state index contributed by atoms with van der Waals surface area (Å²) in [6, 6.07) is 21.6. The van der Waals surface area contributed by atoms with Gasteiger partial charge in [-0.3, -0.25) is 4.79 Å². The van der Waals surface area contributed by atoms with Crippen molar-refractivity contribution in [2.24, 2.45) is 0 Å². The Hall–Kier alpha value is -2.79. The average Bonchev–Trinajstić information content (AvgIpc) is 3.26. The molecule has 1 atom stereocenters. The van der Waals surface area contributed by atoms with E-state index in [1.54, 1.807) is 11.3 Å². The van der Waals surface area contributed by atoms with E-state index in [1.165, 1.54) is 0 Å². The number of ether oxygens (including phenoxy) is 2. The maximum atomic E-state index is 12.5. The second-order valence-corrected chi connectivity index (χ2v) is 7.24. The number of carbonyl (C=O) groups is 1. The number of carbonyl (C=O) groups excluding carboxylic acids is 1. The molecule has 3 aromatic rings. The molecule has 1 aromatic heterocycles. The summed E-state index contributed by atoms with van der Waals surface area (Å²) in [5.41, 5.74) is 1.08. The molecule has 0 fully saturated rings. The number of thiophene rings is 1. The van der Waals surface area contributed by atoms with Gasteiger partial charge in [0.05, 0.1) is 19.3 Å². The highest BCUT2D eigenvalue weighted by atomic mass is 32.1. The Morgan fingerprint density at radius 2 is 1.68 bits per heavy atom. The van der Waals surface area contributed by atoms with E-state index in [9.17, 15) is 4.79 Å². The summed E-state index contributed by atoms with van der Waals surface area (Å²) in [5.74, 6) is 1.46. The summed E-state index contributed by atoms with van der Waals surface area (Å²) in [7, 11) is 0. The van der Waals surface area contributed by atoms with Crippen molar-refractivity contribution < 1.29 is 14.3 Å². The predicted molar refractivity (Wildman–Crippen MR) is 113 cm³/mol. The molecule has 0 aliphatic carbocycles. The summed E-state index contributed by atoms with van der Waals surface area (Å²) in [6.07, 6.45) is 1.05. The van der Waals surface area contributed by atoms with E-state index in [-0.39, 0.29) is 11.9 Å². The van der Waals surface area contributed by atoms with E-state index in [1.807, 2.05) is 73.0 Å². The van der Waals surface area contributed by atoms with Crippen molar-refractivity contribution >= 4 is 17.2 Å². The minimum absolute atomic E-state index is 0.0175. The van der Waals surface area contributed by atoms with Gasteiger partial charge in [0.2, 0.25) is 5.91 Å². The van der Waals surface area contributed by atoms with E-state index in [0.717, 1.165) is 16.2 Å². The van der Waals surface area contributed by atoms with Crippen molar-refractivity contribution in [1.82, 2.24) is 5.32 Å². The molecule has 0 radical (unpaired) electrons. The van der Waals surface area contributed by atoms with Gasteiger partial charge in [0.15, 0.2) is 11.5 Å². The first-order chi connectivity index (χ1) is 13.8. The quantitative estimate of drug-likeness (QED) is 0.479. The minimum atomic E-state index is -0.117. The monoisotopic (exact) mass is 395 g/mol. The van der Waals surface area contributed by atoms with Crippen LogP contribution < -0.4 is 14.8 Å². The Balaban J connectivity index is 1.52. The molecular weight excluding hydrogens is 370 g/mol. The summed E-state index contributed by atoms with van der Waals surface area (Å²) >= 11 is 1.65. The topological polar surface area (TPSA) is 47.6 Å². The third-order valence-electron chi connectivity index (χ3n) is 4.22. The van der Waals surface area contributed by atoms with Crippen LogP contribution in [-0.2, 0) is 4.79 Å². The standard InChI is InChI=1S/C23H25NO3S/c1-2-26-19-12-6-7-13-20(19)27-16-8-15-22(25)24-23(21-14-9-17-28-21)18-10-4-3-5-11-18/h3-7,9-14,17,23H,2,8,15-16H2,1H3,(H,24,25)/t23-/m1/s1.